The van der Waals surface area contributed by atoms with Crippen LogP contribution in [0.2, 0.25) is 0 Å². The first kappa shape index (κ1) is 14.0. The van der Waals surface area contributed by atoms with Crippen LogP contribution in [0.3, 0.4) is 0 Å². The molecule has 1 atom stereocenters. The number of aliphatic carboxylic acids is 1. The number of fused-ring (bicyclic) bond motifs is 1. The highest BCUT2D eigenvalue weighted by Gasteiger charge is 2.31. The van der Waals surface area contributed by atoms with Crippen molar-refractivity contribution >= 4 is 37.2 Å². The molecule has 0 saturated carbocycles. The van der Waals surface area contributed by atoms with E-state index in [4.69, 9.17) is 5.11 Å². The van der Waals surface area contributed by atoms with Gasteiger partial charge in [-0.25, -0.2) is 8.42 Å². The summed E-state index contributed by atoms with van der Waals surface area (Å²) in [4.78, 5) is 11.0. The molecule has 4 nitrogen and oxygen atoms in total. The molecule has 0 bridgehead atoms. The molecule has 0 amide bonds. The van der Waals surface area contributed by atoms with Crippen molar-refractivity contribution < 1.29 is 18.3 Å². The van der Waals surface area contributed by atoms with Gasteiger partial charge in [0.05, 0.1) is 5.75 Å². The predicted molar refractivity (Wildman–Crippen MR) is 76.2 cm³/mol. The molecule has 2 aromatic rings. The van der Waals surface area contributed by atoms with Crippen molar-refractivity contribution in [1.82, 2.24) is 0 Å². The van der Waals surface area contributed by atoms with E-state index >= 15 is 0 Å². The number of hydrogen-bond donors (Lipinski definition) is 1. The molecule has 0 aliphatic carbocycles. The standard InChI is InChI=1S/C13H14O4S2/c1-2-12(13(14)15)19(16,17)8-9-7-18-11-6-4-3-5-10(9)11/h3-7,12H,2,8H2,1H3,(H,14,15). The van der Waals surface area contributed by atoms with Gasteiger partial charge in [-0.15, -0.1) is 11.3 Å². The number of thiophene rings is 1. The van der Waals surface area contributed by atoms with Gasteiger partial charge in [0.25, 0.3) is 0 Å². The van der Waals surface area contributed by atoms with E-state index in [0.717, 1.165) is 10.1 Å². The number of carboxylic acid groups (broad SMARTS) is 1. The molecule has 0 fully saturated rings. The van der Waals surface area contributed by atoms with Crippen molar-refractivity contribution in [3.05, 3.63) is 35.2 Å². The molecule has 1 heterocycles. The predicted octanol–water partition coefficient (Wildman–Crippen LogP) is 2.68. The van der Waals surface area contributed by atoms with E-state index in [1.807, 2.05) is 24.3 Å². The van der Waals surface area contributed by atoms with Crippen molar-refractivity contribution in [2.45, 2.75) is 24.3 Å². The Kier molecular flexibility index (Phi) is 3.91. The molecule has 6 heteroatoms. The van der Waals surface area contributed by atoms with Crippen molar-refractivity contribution in [2.75, 3.05) is 0 Å². The van der Waals surface area contributed by atoms with Gasteiger partial charge >= 0.3 is 5.97 Å². The molecule has 2 rings (SSSR count). The van der Waals surface area contributed by atoms with Gasteiger partial charge in [-0.3, -0.25) is 4.79 Å². The van der Waals surface area contributed by atoms with Crippen LogP contribution in [-0.2, 0) is 20.4 Å². The first-order valence-electron chi connectivity index (χ1n) is 5.85. The van der Waals surface area contributed by atoms with E-state index in [0.29, 0.717) is 5.56 Å². The highest BCUT2D eigenvalue weighted by Crippen LogP contribution is 2.28. The lowest BCUT2D eigenvalue weighted by Gasteiger charge is -2.10. The normalized spacial score (nSPS) is 13.5. The average Bonchev–Trinajstić information content (AvgIpc) is 2.72. The Labute approximate surface area is 115 Å². The van der Waals surface area contributed by atoms with Crippen LogP contribution < -0.4 is 0 Å². The lowest BCUT2D eigenvalue weighted by Crippen LogP contribution is -2.30. The summed E-state index contributed by atoms with van der Waals surface area (Å²) in [6.45, 7) is 1.57. The van der Waals surface area contributed by atoms with Gasteiger partial charge < -0.3 is 5.11 Å². The molecule has 102 valence electrons. The SMILES string of the molecule is CCC(C(=O)O)S(=O)(=O)Cc1csc2ccccc12. The number of carboxylic acids is 1. The lowest BCUT2D eigenvalue weighted by molar-refractivity contribution is -0.136. The molecule has 19 heavy (non-hydrogen) atoms. The van der Waals surface area contributed by atoms with Crippen molar-refractivity contribution in [2.24, 2.45) is 0 Å². The lowest BCUT2D eigenvalue weighted by atomic mass is 10.2. The van der Waals surface area contributed by atoms with E-state index in [9.17, 15) is 13.2 Å². The Morgan fingerprint density at radius 2 is 2.05 bits per heavy atom. The number of benzene rings is 1. The summed E-state index contributed by atoms with van der Waals surface area (Å²) in [5, 5.41) is 10.3. The van der Waals surface area contributed by atoms with Gasteiger partial charge in [0, 0.05) is 4.70 Å². The monoisotopic (exact) mass is 298 g/mol. The Balaban J connectivity index is 2.37. The van der Waals surface area contributed by atoms with E-state index in [-0.39, 0.29) is 12.2 Å². The average molecular weight is 298 g/mol. The van der Waals surface area contributed by atoms with E-state index in [1.54, 1.807) is 12.3 Å². The second kappa shape index (κ2) is 5.30. The molecule has 0 aliphatic rings. The quantitative estimate of drug-likeness (QED) is 0.921. The highest BCUT2D eigenvalue weighted by atomic mass is 32.2. The fourth-order valence-corrected chi connectivity index (χ4v) is 4.80. The van der Waals surface area contributed by atoms with Gasteiger partial charge in [0.2, 0.25) is 0 Å². The summed E-state index contributed by atoms with van der Waals surface area (Å²) in [7, 11) is -3.68. The Hall–Kier alpha value is -1.40. The topological polar surface area (TPSA) is 71.4 Å². The van der Waals surface area contributed by atoms with Crippen LogP contribution in [0.1, 0.15) is 18.9 Å². The molecule has 1 aromatic carbocycles. The van der Waals surface area contributed by atoms with Gasteiger partial charge in [0.1, 0.15) is 0 Å². The maximum atomic E-state index is 12.1. The second-order valence-corrected chi connectivity index (χ2v) is 7.39. The number of sulfone groups is 1. The van der Waals surface area contributed by atoms with Crippen LogP contribution in [0.25, 0.3) is 10.1 Å². The van der Waals surface area contributed by atoms with Gasteiger partial charge in [-0.2, -0.15) is 0 Å². The minimum Gasteiger partial charge on any atom is -0.480 e. The molecular weight excluding hydrogens is 284 g/mol. The Morgan fingerprint density at radius 1 is 1.37 bits per heavy atom. The summed E-state index contributed by atoms with van der Waals surface area (Å²) in [6, 6.07) is 7.52. The first-order chi connectivity index (χ1) is 8.95. The van der Waals surface area contributed by atoms with E-state index in [2.05, 4.69) is 0 Å². The molecule has 0 spiro atoms. The molecular formula is C13H14O4S2. The number of hydrogen-bond acceptors (Lipinski definition) is 4. The Morgan fingerprint density at radius 3 is 2.68 bits per heavy atom. The molecule has 1 aromatic heterocycles. The van der Waals surface area contributed by atoms with Crippen LogP contribution in [0.15, 0.2) is 29.6 Å². The van der Waals surface area contributed by atoms with Crippen LogP contribution in [0.4, 0.5) is 0 Å². The fourth-order valence-electron chi connectivity index (χ4n) is 2.04. The van der Waals surface area contributed by atoms with Crippen LogP contribution in [0, 0.1) is 0 Å². The second-order valence-electron chi connectivity index (χ2n) is 4.30. The molecule has 0 saturated heterocycles. The minimum absolute atomic E-state index is 0.0831. The zero-order valence-corrected chi connectivity index (χ0v) is 12.0. The third kappa shape index (κ3) is 2.79. The summed E-state index contributed by atoms with van der Waals surface area (Å²) in [6.07, 6.45) is 0.0831. The molecule has 1 unspecified atom stereocenters. The van der Waals surface area contributed by atoms with Crippen molar-refractivity contribution in [3.8, 4) is 0 Å². The maximum Gasteiger partial charge on any atom is 0.321 e. The largest absolute Gasteiger partial charge is 0.480 e. The Bertz CT molecular complexity index is 700. The fraction of sp³-hybridized carbons (Fsp3) is 0.308. The summed E-state index contributed by atoms with van der Waals surface area (Å²) < 4.78 is 25.3. The molecule has 0 radical (unpaired) electrons. The summed E-state index contributed by atoms with van der Waals surface area (Å²) >= 11 is 1.47. The summed E-state index contributed by atoms with van der Waals surface area (Å²) in [5.74, 6) is -1.50. The van der Waals surface area contributed by atoms with Crippen molar-refractivity contribution in [1.29, 1.82) is 0 Å². The van der Waals surface area contributed by atoms with Crippen LogP contribution in [0.5, 0.6) is 0 Å². The third-order valence-corrected chi connectivity index (χ3v) is 6.13. The molecule has 0 aliphatic heterocycles. The number of carbonyl (C=O) groups is 1. The van der Waals surface area contributed by atoms with Gasteiger partial charge in [-0.05, 0) is 28.8 Å². The van der Waals surface area contributed by atoms with E-state index < -0.39 is 21.1 Å². The first-order valence-corrected chi connectivity index (χ1v) is 8.44. The molecule has 1 N–H and O–H groups in total. The smallest absolute Gasteiger partial charge is 0.321 e. The minimum atomic E-state index is -3.68. The van der Waals surface area contributed by atoms with E-state index in [1.165, 1.54) is 11.3 Å². The van der Waals surface area contributed by atoms with Crippen LogP contribution >= 0.6 is 11.3 Å². The number of rotatable bonds is 5. The van der Waals surface area contributed by atoms with Crippen molar-refractivity contribution in [3.63, 3.8) is 0 Å². The third-order valence-electron chi connectivity index (χ3n) is 3.00. The zero-order chi connectivity index (χ0) is 14.0. The summed E-state index contributed by atoms with van der Waals surface area (Å²) in [5.41, 5.74) is 0.681. The van der Waals surface area contributed by atoms with Gasteiger partial charge in [-0.1, -0.05) is 25.1 Å². The van der Waals surface area contributed by atoms with Gasteiger partial charge in [0.15, 0.2) is 15.1 Å². The highest BCUT2D eigenvalue weighted by molar-refractivity contribution is 7.92. The zero-order valence-electron chi connectivity index (χ0n) is 10.4. The van der Waals surface area contributed by atoms with Crippen LogP contribution in [-0.4, -0.2) is 24.7 Å². The maximum absolute atomic E-state index is 12.1.